The van der Waals surface area contributed by atoms with Gasteiger partial charge in [0, 0.05) is 12.1 Å². The fourth-order valence-electron chi connectivity index (χ4n) is 2.25. The normalized spacial score (nSPS) is 12.1. The van der Waals surface area contributed by atoms with Crippen LogP contribution in [0.4, 0.5) is 13.2 Å². The zero-order chi connectivity index (χ0) is 18.6. The number of aliphatic hydroxyl groups excluding tert-OH is 3. The minimum Gasteiger partial charge on any atom is -0.392 e. The van der Waals surface area contributed by atoms with Gasteiger partial charge in [0.1, 0.15) is 0 Å². The van der Waals surface area contributed by atoms with Crippen LogP contribution in [0.1, 0.15) is 33.2 Å². The van der Waals surface area contributed by atoms with Gasteiger partial charge in [0.2, 0.25) is 0 Å². The topological polar surface area (TPSA) is 89.8 Å². The van der Waals surface area contributed by atoms with E-state index >= 15 is 0 Å². The molecule has 1 unspecified atom stereocenters. The van der Waals surface area contributed by atoms with Crippen LogP contribution in [-0.2, 0) is 13.2 Å². The van der Waals surface area contributed by atoms with Crippen molar-refractivity contribution in [3.63, 3.8) is 0 Å². The average Bonchev–Trinajstić information content (AvgIpc) is 2.62. The van der Waals surface area contributed by atoms with Crippen LogP contribution in [0.25, 0.3) is 0 Å². The molecule has 0 radical (unpaired) electrons. The molecule has 0 saturated heterocycles. The van der Waals surface area contributed by atoms with Gasteiger partial charge in [-0.05, 0) is 41.0 Å². The molecule has 0 bridgehead atoms. The third kappa shape index (κ3) is 4.56. The van der Waals surface area contributed by atoms with Crippen molar-refractivity contribution in [3.8, 4) is 0 Å². The molecular formula is C17H16F3NO4. The summed E-state index contributed by atoms with van der Waals surface area (Å²) in [4.78, 5) is 12.1. The molecular weight excluding hydrogens is 339 g/mol. The summed E-state index contributed by atoms with van der Waals surface area (Å²) in [7, 11) is 0. The number of benzene rings is 2. The number of carbonyl (C=O) groups excluding carboxylic acids is 1. The lowest BCUT2D eigenvalue weighted by Gasteiger charge is -2.14. The molecule has 0 spiro atoms. The summed E-state index contributed by atoms with van der Waals surface area (Å²) in [6.45, 7) is -1.03. The number of aliphatic hydroxyl groups is 3. The second-order valence-corrected chi connectivity index (χ2v) is 5.38. The number of halogens is 3. The zero-order valence-electron chi connectivity index (χ0n) is 13.0. The Morgan fingerprint density at radius 3 is 1.96 bits per heavy atom. The highest BCUT2D eigenvalue weighted by atomic mass is 19.2. The quantitative estimate of drug-likeness (QED) is 0.592. The highest BCUT2D eigenvalue weighted by molar-refractivity contribution is 5.94. The van der Waals surface area contributed by atoms with Crippen LogP contribution in [0.5, 0.6) is 0 Å². The van der Waals surface area contributed by atoms with Gasteiger partial charge < -0.3 is 20.6 Å². The Morgan fingerprint density at radius 2 is 1.48 bits per heavy atom. The van der Waals surface area contributed by atoms with Crippen molar-refractivity contribution in [1.29, 1.82) is 0 Å². The highest BCUT2D eigenvalue weighted by Gasteiger charge is 2.17. The van der Waals surface area contributed by atoms with Crippen molar-refractivity contribution in [1.82, 2.24) is 5.32 Å². The number of amides is 1. The maximum atomic E-state index is 13.2. The molecule has 134 valence electrons. The number of rotatable bonds is 6. The van der Waals surface area contributed by atoms with E-state index in [4.69, 9.17) is 10.2 Å². The average molecular weight is 355 g/mol. The summed E-state index contributed by atoms with van der Waals surface area (Å²) in [6, 6.07) is 5.61. The lowest BCUT2D eigenvalue weighted by Crippen LogP contribution is -2.28. The highest BCUT2D eigenvalue weighted by Crippen LogP contribution is 2.19. The molecule has 1 amide bonds. The minimum atomic E-state index is -1.64. The Kier molecular flexibility index (Phi) is 6.13. The minimum absolute atomic E-state index is 0.138. The van der Waals surface area contributed by atoms with Crippen molar-refractivity contribution in [2.24, 2.45) is 0 Å². The predicted molar refractivity (Wildman–Crippen MR) is 81.9 cm³/mol. The van der Waals surface area contributed by atoms with Gasteiger partial charge in [-0.15, -0.1) is 0 Å². The maximum absolute atomic E-state index is 13.2. The second kappa shape index (κ2) is 8.11. The molecule has 2 rings (SSSR count). The molecule has 1 atom stereocenters. The summed E-state index contributed by atoms with van der Waals surface area (Å²) in [5, 5.41) is 30.6. The van der Waals surface area contributed by atoms with E-state index in [0.29, 0.717) is 23.3 Å². The third-order valence-electron chi connectivity index (χ3n) is 3.53. The van der Waals surface area contributed by atoms with Crippen molar-refractivity contribution in [3.05, 3.63) is 70.0 Å². The molecule has 2 aromatic rings. The summed E-state index contributed by atoms with van der Waals surface area (Å²) in [5.41, 5.74) is 0.746. The van der Waals surface area contributed by atoms with E-state index in [1.54, 1.807) is 0 Å². The fourth-order valence-corrected chi connectivity index (χ4v) is 2.25. The number of hydrogen-bond acceptors (Lipinski definition) is 4. The molecule has 0 heterocycles. The Bertz CT molecular complexity index is 737. The van der Waals surface area contributed by atoms with E-state index in [2.05, 4.69) is 5.32 Å². The summed E-state index contributed by atoms with van der Waals surface area (Å²) in [6.07, 6.45) is -1.45. The van der Waals surface area contributed by atoms with E-state index in [0.717, 1.165) is 0 Å². The first-order valence-corrected chi connectivity index (χ1v) is 7.31. The van der Waals surface area contributed by atoms with E-state index < -0.39 is 29.5 Å². The molecule has 25 heavy (non-hydrogen) atoms. The Morgan fingerprint density at radius 1 is 0.960 bits per heavy atom. The van der Waals surface area contributed by atoms with Crippen LogP contribution in [0.15, 0.2) is 30.3 Å². The van der Waals surface area contributed by atoms with Crippen LogP contribution >= 0.6 is 0 Å². The van der Waals surface area contributed by atoms with Gasteiger partial charge in [0.25, 0.3) is 5.91 Å². The zero-order valence-corrected chi connectivity index (χ0v) is 13.0. The van der Waals surface area contributed by atoms with E-state index in [1.165, 1.54) is 18.2 Å². The monoisotopic (exact) mass is 355 g/mol. The standard InChI is InChI=1S/C17H16F3NO4/c18-13-4-11(5-14(19)16(13)20)15(24)6-21-17(25)12-2-9(7-22)1-10(3-12)8-23/h1-5,15,22-24H,6-8H2,(H,21,25). The Labute approximate surface area is 141 Å². The van der Waals surface area contributed by atoms with Crippen LogP contribution < -0.4 is 5.32 Å². The van der Waals surface area contributed by atoms with E-state index in [9.17, 15) is 23.1 Å². The first-order valence-electron chi connectivity index (χ1n) is 7.31. The van der Waals surface area contributed by atoms with Gasteiger partial charge in [-0.2, -0.15) is 0 Å². The van der Waals surface area contributed by atoms with Crippen molar-refractivity contribution < 1.29 is 33.3 Å². The summed E-state index contributed by atoms with van der Waals surface area (Å²) >= 11 is 0. The van der Waals surface area contributed by atoms with Gasteiger partial charge in [-0.3, -0.25) is 4.79 Å². The molecule has 4 N–H and O–H groups in total. The number of carbonyl (C=O) groups is 1. The van der Waals surface area contributed by atoms with E-state index in [-0.39, 0.29) is 30.9 Å². The molecule has 0 aliphatic rings. The Balaban J connectivity index is 2.09. The first kappa shape index (κ1) is 18.9. The van der Waals surface area contributed by atoms with Gasteiger partial charge in [0.05, 0.1) is 19.3 Å². The lowest BCUT2D eigenvalue weighted by molar-refractivity contribution is 0.0915. The third-order valence-corrected chi connectivity index (χ3v) is 3.53. The first-order chi connectivity index (χ1) is 11.8. The number of hydrogen-bond donors (Lipinski definition) is 4. The predicted octanol–water partition coefficient (Wildman–Crippen LogP) is 1.55. The van der Waals surface area contributed by atoms with Crippen LogP contribution in [0.2, 0.25) is 0 Å². The van der Waals surface area contributed by atoms with Crippen molar-refractivity contribution in [2.75, 3.05) is 6.54 Å². The largest absolute Gasteiger partial charge is 0.392 e. The molecule has 2 aromatic carbocycles. The molecule has 0 aliphatic carbocycles. The smallest absolute Gasteiger partial charge is 0.251 e. The fraction of sp³-hybridized carbons (Fsp3) is 0.235. The second-order valence-electron chi connectivity index (χ2n) is 5.38. The van der Waals surface area contributed by atoms with Crippen molar-refractivity contribution in [2.45, 2.75) is 19.3 Å². The molecule has 0 fully saturated rings. The Hall–Kier alpha value is -2.42. The van der Waals surface area contributed by atoms with Crippen LogP contribution in [-0.4, -0.2) is 27.8 Å². The van der Waals surface area contributed by atoms with Gasteiger partial charge >= 0.3 is 0 Å². The molecule has 0 aliphatic heterocycles. The molecule has 0 saturated carbocycles. The molecule has 8 heteroatoms. The SMILES string of the molecule is O=C(NCC(O)c1cc(F)c(F)c(F)c1)c1cc(CO)cc(CO)c1. The number of nitrogens with one attached hydrogen (secondary N) is 1. The van der Waals surface area contributed by atoms with Gasteiger partial charge in [-0.25, -0.2) is 13.2 Å². The molecule has 5 nitrogen and oxygen atoms in total. The van der Waals surface area contributed by atoms with E-state index in [1.807, 2.05) is 0 Å². The molecule has 0 aromatic heterocycles. The van der Waals surface area contributed by atoms with Crippen LogP contribution in [0, 0.1) is 17.5 Å². The van der Waals surface area contributed by atoms with Gasteiger partial charge in [0.15, 0.2) is 17.5 Å². The van der Waals surface area contributed by atoms with Gasteiger partial charge in [-0.1, -0.05) is 6.07 Å². The van der Waals surface area contributed by atoms with Crippen LogP contribution in [0.3, 0.4) is 0 Å². The summed E-state index contributed by atoms with van der Waals surface area (Å²) < 4.78 is 39.3. The lowest BCUT2D eigenvalue weighted by atomic mass is 10.1. The summed E-state index contributed by atoms with van der Waals surface area (Å²) in [5.74, 6) is -5.14. The maximum Gasteiger partial charge on any atom is 0.251 e. The van der Waals surface area contributed by atoms with Crippen molar-refractivity contribution >= 4 is 5.91 Å².